The SMILES string of the molecule is O=C(O)CC1CCN(C(=O)Cn2cnnn2)CC1. The van der Waals surface area contributed by atoms with Gasteiger partial charge in [-0.2, -0.15) is 0 Å². The summed E-state index contributed by atoms with van der Waals surface area (Å²) in [6.07, 6.45) is 3.07. The number of carboxylic acid groups (broad SMARTS) is 1. The number of carbonyl (C=O) groups is 2. The van der Waals surface area contributed by atoms with E-state index in [0.717, 1.165) is 12.8 Å². The average molecular weight is 253 g/mol. The van der Waals surface area contributed by atoms with Gasteiger partial charge in [-0.15, -0.1) is 5.10 Å². The second-order valence-electron chi connectivity index (χ2n) is 4.43. The zero-order valence-corrected chi connectivity index (χ0v) is 9.90. The number of hydrogen-bond donors (Lipinski definition) is 1. The van der Waals surface area contributed by atoms with Gasteiger partial charge in [0, 0.05) is 19.5 Å². The third-order valence-electron chi connectivity index (χ3n) is 3.12. The standard InChI is InChI=1S/C10H15N5O3/c16-9(6-15-7-11-12-13-15)14-3-1-8(2-4-14)5-10(17)18/h7-8H,1-6H2,(H,17,18). The van der Waals surface area contributed by atoms with Gasteiger partial charge in [-0.3, -0.25) is 9.59 Å². The Bertz CT molecular complexity index is 411. The van der Waals surface area contributed by atoms with Gasteiger partial charge in [0.25, 0.3) is 0 Å². The van der Waals surface area contributed by atoms with Gasteiger partial charge in [0.15, 0.2) is 0 Å². The van der Waals surface area contributed by atoms with Crippen LogP contribution < -0.4 is 0 Å². The van der Waals surface area contributed by atoms with Crippen LogP contribution in [0.25, 0.3) is 0 Å². The lowest BCUT2D eigenvalue weighted by Gasteiger charge is -2.31. The summed E-state index contributed by atoms with van der Waals surface area (Å²) in [5.41, 5.74) is 0. The Hall–Kier alpha value is -1.99. The second kappa shape index (κ2) is 5.56. The van der Waals surface area contributed by atoms with Gasteiger partial charge in [0.2, 0.25) is 5.91 Å². The fourth-order valence-electron chi connectivity index (χ4n) is 2.12. The summed E-state index contributed by atoms with van der Waals surface area (Å²) < 4.78 is 1.38. The minimum Gasteiger partial charge on any atom is -0.481 e. The third kappa shape index (κ3) is 3.25. The number of nitrogens with zero attached hydrogens (tertiary/aromatic N) is 5. The highest BCUT2D eigenvalue weighted by Crippen LogP contribution is 2.20. The zero-order valence-electron chi connectivity index (χ0n) is 9.90. The molecule has 0 bridgehead atoms. The minimum atomic E-state index is -0.770. The highest BCUT2D eigenvalue weighted by atomic mass is 16.4. The molecule has 1 fully saturated rings. The Kier molecular flexibility index (Phi) is 3.85. The van der Waals surface area contributed by atoms with Crippen molar-refractivity contribution in [3.05, 3.63) is 6.33 Å². The van der Waals surface area contributed by atoms with Gasteiger partial charge >= 0.3 is 5.97 Å². The average Bonchev–Trinajstić information content (AvgIpc) is 2.82. The smallest absolute Gasteiger partial charge is 0.303 e. The summed E-state index contributed by atoms with van der Waals surface area (Å²) in [5, 5.41) is 19.3. The lowest BCUT2D eigenvalue weighted by molar-refractivity contribution is -0.138. The molecule has 1 amide bonds. The number of piperidine rings is 1. The van der Waals surface area contributed by atoms with Crippen molar-refractivity contribution in [3.63, 3.8) is 0 Å². The molecule has 1 aliphatic rings. The van der Waals surface area contributed by atoms with Crippen LogP contribution in [-0.4, -0.2) is 55.2 Å². The molecule has 8 heteroatoms. The molecule has 0 unspecified atom stereocenters. The van der Waals surface area contributed by atoms with Gasteiger partial charge in [-0.1, -0.05) is 0 Å². The molecule has 1 aromatic heterocycles. The number of carboxylic acids is 1. The van der Waals surface area contributed by atoms with E-state index in [2.05, 4.69) is 15.5 Å². The predicted octanol–water partition coefficient (Wildman–Crippen LogP) is -0.614. The number of amides is 1. The van der Waals surface area contributed by atoms with E-state index in [0.29, 0.717) is 13.1 Å². The van der Waals surface area contributed by atoms with Crippen molar-refractivity contribution in [1.29, 1.82) is 0 Å². The number of rotatable bonds is 4. The van der Waals surface area contributed by atoms with Gasteiger partial charge in [-0.05, 0) is 29.2 Å². The molecular weight excluding hydrogens is 238 g/mol. The number of carbonyl (C=O) groups excluding carboxylic acids is 1. The third-order valence-corrected chi connectivity index (χ3v) is 3.12. The van der Waals surface area contributed by atoms with E-state index in [1.807, 2.05) is 0 Å². The van der Waals surface area contributed by atoms with E-state index in [4.69, 9.17) is 5.11 Å². The summed E-state index contributed by atoms with van der Waals surface area (Å²) in [7, 11) is 0. The Labute approximate surface area is 104 Å². The first-order valence-corrected chi connectivity index (χ1v) is 5.85. The maximum Gasteiger partial charge on any atom is 0.303 e. The summed E-state index contributed by atoms with van der Waals surface area (Å²) in [5.74, 6) is -0.621. The Morgan fingerprint density at radius 2 is 2.06 bits per heavy atom. The largest absolute Gasteiger partial charge is 0.481 e. The highest BCUT2D eigenvalue weighted by molar-refractivity contribution is 5.76. The van der Waals surface area contributed by atoms with Gasteiger partial charge < -0.3 is 10.0 Å². The molecule has 18 heavy (non-hydrogen) atoms. The number of aliphatic carboxylic acids is 1. The molecule has 1 aromatic rings. The van der Waals surface area contributed by atoms with Crippen molar-refractivity contribution in [2.75, 3.05) is 13.1 Å². The second-order valence-corrected chi connectivity index (χ2v) is 4.43. The van der Waals surface area contributed by atoms with Crippen LogP contribution in [0.15, 0.2) is 6.33 Å². The van der Waals surface area contributed by atoms with Crippen LogP contribution in [0.1, 0.15) is 19.3 Å². The first-order chi connectivity index (χ1) is 8.65. The Balaban J connectivity index is 1.79. The summed E-state index contributed by atoms with van der Waals surface area (Å²) in [6.45, 7) is 1.36. The fourth-order valence-corrected chi connectivity index (χ4v) is 2.12. The van der Waals surface area contributed by atoms with Gasteiger partial charge in [-0.25, -0.2) is 4.68 Å². The summed E-state index contributed by atoms with van der Waals surface area (Å²) in [6, 6.07) is 0. The van der Waals surface area contributed by atoms with Crippen LogP contribution in [0.4, 0.5) is 0 Å². The number of tetrazole rings is 1. The lowest BCUT2D eigenvalue weighted by Crippen LogP contribution is -2.40. The molecule has 2 rings (SSSR count). The van der Waals surface area contributed by atoms with Crippen LogP contribution in [0, 0.1) is 5.92 Å². The molecule has 0 radical (unpaired) electrons. The normalized spacial score (nSPS) is 16.8. The van der Waals surface area contributed by atoms with E-state index in [-0.39, 0.29) is 24.8 Å². The fraction of sp³-hybridized carbons (Fsp3) is 0.700. The van der Waals surface area contributed by atoms with E-state index in [1.54, 1.807) is 4.90 Å². The molecule has 1 saturated heterocycles. The topological polar surface area (TPSA) is 101 Å². The summed E-state index contributed by atoms with van der Waals surface area (Å²) in [4.78, 5) is 24.2. The van der Waals surface area contributed by atoms with Crippen molar-refractivity contribution >= 4 is 11.9 Å². The Morgan fingerprint density at radius 1 is 1.33 bits per heavy atom. The van der Waals surface area contributed by atoms with E-state index in [1.165, 1.54) is 11.0 Å². The first kappa shape index (κ1) is 12.5. The monoisotopic (exact) mass is 253 g/mol. The molecule has 0 atom stereocenters. The minimum absolute atomic E-state index is 0.0314. The molecule has 0 saturated carbocycles. The van der Waals surface area contributed by atoms with Gasteiger partial charge in [0.05, 0.1) is 0 Å². The molecule has 98 valence electrons. The zero-order chi connectivity index (χ0) is 13.0. The lowest BCUT2D eigenvalue weighted by atomic mass is 9.93. The maximum absolute atomic E-state index is 11.9. The van der Waals surface area contributed by atoms with Crippen LogP contribution >= 0.6 is 0 Å². The molecule has 1 aliphatic heterocycles. The van der Waals surface area contributed by atoms with Crippen molar-refractivity contribution in [3.8, 4) is 0 Å². The molecule has 1 N–H and O–H groups in total. The van der Waals surface area contributed by atoms with Crippen molar-refractivity contribution in [2.45, 2.75) is 25.8 Å². The van der Waals surface area contributed by atoms with Crippen LogP contribution in [0.2, 0.25) is 0 Å². The number of aromatic nitrogens is 4. The van der Waals surface area contributed by atoms with E-state index < -0.39 is 5.97 Å². The predicted molar refractivity (Wildman–Crippen MR) is 59.4 cm³/mol. The number of hydrogen-bond acceptors (Lipinski definition) is 5. The van der Waals surface area contributed by atoms with E-state index in [9.17, 15) is 9.59 Å². The quantitative estimate of drug-likeness (QED) is 0.767. The number of likely N-dealkylation sites (tertiary alicyclic amines) is 1. The molecule has 0 spiro atoms. The maximum atomic E-state index is 11.9. The van der Waals surface area contributed by atoms with Crippen molar-refractivity contribution in [1.82, 2.24) is 25.1 Å². The molecule has 0 aromatic carbocycles. The van der Waals surface area contributed by atoms with Crippen LogP contribution in [0.3, 0.4) is 0 Å². The molecular formula is C10H15N5O3. The van der Waals surface area contributed by atoms with Crippen LogP contribution in [0.5, 0.6) is 0 Å². The van der Waals surface area contributed by atoms with E-state index >= 15 is 0 Å². The molecule has 8 nitrogen and oxygen atoms in total. The van der Waals surface area contributed by atoms with Gasteiger partial charge in [0.1, 0.15) is 12.9 Å². The Morgan fingerprint density at radius 3 is 2.61 bits per heavy atom. The molecule has 0 aliphatic carbocycles. The van der Waals surface area contributed by atoms with Crippen LogP contribution in [-0.2, 0) is 16.1 Å². The van der Waals surface area contributed by atoms with Crippen molar-refractivity contribution < 1.29 is 14.7 Å². The molecule has 2 heterocycles. The van der Waals surface area contributed by atoms with Crippen molar-refractivity contribution in [2.24, 2.45) is 5.92 Å². The summed E-state index contributed by atoms with van der Waals surface area (Å²) >= 11 is 0. The highest BCUT2D eigenvalue weighted by Gasteiger charge is 2.24. The first-order valence-electron chi connectivity index (χ1n) is 5.85.